The van der Waals surface area contributed by atoms with Crippen LogP contribution in [0.2, 0.25) is 0 Å². The maximum Gasteiger partial charge on any atom is 0.328 e. The molecule has 35 heavy (non-hydrogen) atoms. The zero-order valence-electron chi connectivity index (χ0n) is 19.5. The van der Waals surface area contributed by atoms with Crippen molar-refractivity contribution in [3.63, 3.8) is 0 Å². The van der Waals surface area contributed by atoms with Crippen molar-refractivity contribution in [2.24, 2.45) is 0 Å². The van der Waals surface area contributed by atoms with E-state index in [2.05, 4.69) is 20.9 Å². The Balaban J connectivity index is 1.39. The van der Waals surface area contributed by atoms with Crippen molar-refractivity contribution in [2.45, 2.75) is 38.1 Å². The predicted molar refractivity (Wildman–Crippen MR) is 130 cm³/mol. The van der Waals surface area contributed by atoms with E-state index in [1.54, 1.807) is 0 Å². The lowest BCUT2D eigenvalue weighted by atomic mass is 9.88. The Kier molecular flexibility index (Phi) is 6.38. The van der Waals surface area contributed by atoms with Crippen molar-refractivity contribution in [3.05, 3.63) is 65.5 Å². The molecule has 2 N–H and O–H groups in total. The Labute approximate surface area is 201 Å². The number of nitrogens with zero attached hydrogens (tertiary/aromatic N) is 2. The van der Waals surface area contributed by atoms with Crippen LogP contribution in [0.4, 0.5) is 8.78 Å². The summed E-state index contributed by atoms with van der Waals surface area (Å²) in [7, 11) is 1.48. The number of halogens is 2. The van der Waals surface area contributed by atoms with Crippen molar-refractivity contribution in [1.82, 2.24) is 14.9 Å². The molecule has 1 aliphatic heterocycles. The zero-order chi connectivity index (χ0) is 24.5. The summed E-state index contributed by atoms with van der Waals surface area (Å²) in [4.78, 5) is 20.9. The Morgan fingerprint density at radius 2 is 2.03 bits per heavy atom. The van der Waals surface area contributed by atoms with Crippen LogP contribution in [0.1, 0.15) is 37.8 Å². The molecule has 0 radical (unpaired) electrons. The monoisotopic (exact) mass is 479 g/mol. The highest BCUT2D eigenvalue weighted by molar-refractivity contribution is 5.97. The summed E-state index contributed by atoms with van der Waals surface area (Å²) in [6, 6.07) is 6.39. The lowest BCUT2D eigenvalue weighted by Crippen LogP contribution is -2.39. The van der Waals surface area contributed by atoms with Gasteiger partial charge in [-0.05, 0) is 61.9 Å². The first-order valence-corrected chi connectivity index (χ1v) is 11.8. The molecule has 0 saturated heterocycles. The molecule has 3 aromatic rings. The number of rotatable bonds is 5. The number of hydrogen-bond donors (Lipinski definition) is 2. The van der Waals surface area contributed by atoms with E-state index in [1.165, 1.54) is 31.4 Å². The first-order chi connectivity index (χ1) is 16.9. The molecule has 0 unspecified atom stereocenters. The summed E-state index contributed by atoms with van der Waals surface area (Å²) in [5.41, 5.74) is 4.19. The minimum absolute atomic E-state index is 0.263. The molecule has 0 spiro atoms. The fourth-order valence-corrected chi connectivity index (χ4v) is 5.29. The third-order valence-electron chi connectivity index (χ3n) is 7.07. The highest BCUT2D eigenvalue weighted by Gasteiger charge is 2.26. The van der Waals surface area contributed by atoms with E-state index in [9.17, 15) is 13.6 Å². The number of methoxy groups -OCH3 is 1. The molecule has 1 fully saturated rings. The first-order valence-electron chi connectivity index (χ1n) is 11.8. The number of H-pyrrole nitrogens is 1. The summed E-state index contributed by atoms with van der Waals surface area (Å²) in [6.45, 7) is 1.70. The smallest absolute Gasteiger partial charge is 0.328 e. The normalized spacial score (nSPS) is 19.0. The van der Waals surface area contributed by atoms with Crippen molar-refractivity contribution < 1.29 is 23.4 Å². The molecule has 5 rings (SSSR count). The summed E-state index contributed by atoms with van der Waals surface area (Å²) < 4.78 is 34.3. The minimum atomic E-state index is -0.865. The van der Waals surface area contributed by atoms with E-state index in [0.717, 1.165) is 68.2 Å². The van der Waals surface area contributed by atoms with Gasteiger partial charge in [0.1, 0.15) is 23.0 Å². The lowest BCUT2D eigenvalue weighted by Gasteiger charge is -2.36. The SMILES string of the molecule is COc1ccc(F)cc1-c1c(F)cnc2[nH]c(C3=CCN(C4CCC(=CC(=O)O)CC4)CC3)cc12. The van der Waals surface area contributed by atoms with Crippen LogP contribution < -0.4 is 4.74 Å². The van der Waals surface area contributed by atoms with E-state index in [1.807, 2.05) is 6.07 Å². The van der Waals surface area contributed by atoms with Crippen LogP contribution in [0.15, 0.2) is 48.2 Å². The summed E-state index contributed by atoms with van der Waals surface area (Å²) in [5, 5.41) is 9.54. The molecule has 1 aromatic carbocycles. The minimum Gasteiger partial charge on any atom is -0.496 e. The van der Waals surface area contributed by atoms with Crippen molar-refractivity contribution in [3.8, 4) is 16.9 Å². The maximum atomic E-state index is 14.9. The van der Waals surface area contributed by atoms with Gasteiger partial charge in [0, 0.05) is 47.4 Å². The number of nitrogens with one attached hydrogen (secondary N) is 1. The average molecular weight is 480 g/mol. The highest BCUT2D eigenvalue weighted by atomic mass is 19.1. The second-order valence-electron chi connectivity index (χ2n) is 9.12. The van der Waals surface area contributed by atoms with Crippen LogP contribution in [0.5, 0.6) is 5.75 Å². The van der Waals surface area contributed by atoms with Gasteiger partial charge in [-0.15, -0.1) is 0 Å². The largest absolute Gasteiger partial charge is 0.496 e. The molecular formula is C27H27F2N3O3. The van der Waals surface area contributed by atoms with Crippen LogP contribution in [-0.2, 0) is 4.79 Å². The third-order valence-corrected chi connectivity index (χ3v) is 7.07. The van der Waals surface area contributed by atoms with Crippen LogP contribution in [0.3, 0.4) is 0 Å². The highest BCUT2D eigenvalue weighted by Crippen LogP contribution is 2.38. The van der Waals surface area contributed by atoms with Gasteiger partial charge in [-0.1, -0.05) is 11.6 Å². The van der Waals surface area contributed by atoms with Gasteiger partial charge in [-0.2, -0.15) is 0 Å². The zero-order valence-corrected chi connectivity index (χ0v) is 19.5. The van der Waals surface area contributed by atoms with E-state index >= 15 is 0 Å². The molecule has 3 heterocycles. The van der Waals surface area contributed by atoms with Crippen LogP contribution in [0.25, 0.3) is 27.7 Å². The van der Waals surface area contributed by atoms with Gasteiger partial charge < -0.3 is 14.8 Å². The van der Waals surface area contributed by atoms with Gasteiger partial charge in [-0.3, -0.25) is 4.90 Å². The van der Waals surface area contributed by atoms with E-state index < -0.39 is 17.6 Å². The van der Waals surface area contributed by atoms with Gasteiger partial charge >= 0.3 is 5.97 Å². The molecule has 182 valence electrons. The van der Waals surface area contributed by atoms with Gasteiger partial charge in [0.2, 0.25) is 0 Å². The first kappa shape index (κ1) is 23.2. The Morgan fingerprint density at radius 1 is 1.23 bits per heavy atom. The molecule has 0 bridgehead atoms. The number of aliphatic carboxylic acids is 1. The topological polar surface area (TPSA) is 78.5 Å². The van der Waals surface area contributed by atoms with Gasteiger partial charge in [0.05, 0.1) is 13.3 Å². The number of fused-ring (bicyclic) bond motifs is 1. The quantitative estimate of drug-likeness (QED) is 0.469. The van der Waals surface area contributed by atoms with Crippen LogP contribution in [0, 0.1) is 11.6 Å². The molecule has 2 aliphatic rings. The molecule has 0 amide bonds. The molecule has 8 heteroatoms. The second-order valence-corrected chi connectivity index (χ2v) is 9.12. The predicted octanol–water partition coefficient (Wildman–Crippen LogP) is 5.56. The van der Waals surface area contributed by atoms with Crippen LogP contribution in [-0.4, -0.2) is 52.2 Å². The number of carboxylic acid groups (broad SMARTS) is 1. The molecule has 1 saturated carbocycles. The number of aromatic nitrogens is 2. The van der Waals surface area contributed by atoms with E-state index in [-0.39, 0.29) is 5.56 Å². The number of ether oxygens (including phenoxy) is 1. The number of aromatic amines is 1. The summed E-state index contributed by atoms with van der Waals surface area (Å²) in [5.74, 6) is -1.48. The second kappa shape index (κ2) is 9.62. The fraction of sp³-hybridized carbons (Fsp3) is 0.333. The molecule has 1 aliphatic carbocycles. The van der Waals surface area contributed by atoms with E-state index in [4.69, 9.17) is 9.84 Å². The van der Waals surface area contributed by atoms with Crippen molar-refractivity contribution >= 4 is 22.6 Å². The lowest BCUT2D eigenvalue weighted by molar-refractivity contribution is -0.131. The third kappa shape index (κ3) is 4.71. The Bertz CT molecular complexity index is 1330. The number of pyridine rings is 1. The number of allylic oxidation sites excluding steroid dienone is 1. The molecule has 6 nitrogen and oxygen atoms in total. The summed E-state index contributed by atoms with van der Waals surface area (Å²) in [6.07, 6.45) is 9.12. The maximum absolute atomic E-state index is 14.9. The molecule has 2 aromatic heterocycles. The fourth-order valence-electron chi connectivity index (χ4n) is 5.29. The average Bonchev–Trinajstić information content (AvgIpc) is 3.28. The summed E-state index contributed by atoms with van der Waals surface area (Å²) >= 11 is 0. The van der Waals surface area contributed by atoms with Crippen molar-refractivity contribution in [1.29, 1.82) is 0 Å². The molecular weight excluding hydrogens is 452 g/mol. The number of carboxylic acids is 1. The van der Waals surface area contributed by atoms with Gasteiger partial charge in [-0.25, -0.2) is 18.6 Å². The molecule has 0 atom stereocenters. The number of benzene rings is 1. The standard InChI is InChI=1S/C27H27F2N3O3/c1-35-24-7-4-18(28)13-20(24)26-21-14-23(31-27(21)30-15-22(26)29)17-8-10-32(11-9-17)19-5-2-16(3-6-19)12-25(33)34/h4,7-8,12-15,19H,2-3,5-6,9-11H2,1H3,(H,30,31)(H,33,34). The van der Waals surface area contributed by atoms with Crippen molar-refractivity contribution in [2.75, 3.05) is 20.2 Å². The van der Waals surface area contributed by atoms with Gasteiger partial charge in [0.25, 0.3) is 0 Å². The number of hydrogen-bond acceptors (Lipinski definition) is 4. The number of carbonyl (C=O) groups is 1. The van der Waals surface area contributed by atoms with E-state index in [0.29, 0.717) is 28.4 Å². The van der Waals surface area contributed by atoms with Crippen LogP contribution >= 0.6 is 0 Å². The Morgan fingerprint density at radius 3 is 2.71 bits per heavy atom. The van der Waals surface area contributed by atoms with Gasteiger partial charge in [0.15, 0.2) is 0 Å². The Hall–Kier alpha value is -3.52.